The lowest BCUT2D eigenvalue weighted by molar-refractivity contribution is -0.122. The van der Waals surface area contributed by atoms with Crippen molar-refractivity contribution in [3.05, 3.63) is 0 Å². The van der Waals surface area contributed by atoms with Crippen LogP contribution in [0.4, 0.5) is 0 Å². The summed E-state index contributed by atoms with van der Waals surface area (Å²) in [6.07, 6.45) is 1.01. The van der Waals surface area contributed by atoms with Crippen LogP contribution in [0, 0.1) is 11.3 Å². The van der Waals surface area contributed by atoms with Crippen LogP contribution in [0.5, 0.6) is 0 Å². The molecule has 1 heterocycles. The highest BCUT2D eigenvalue weighted by Gasteiger charge is 2.16. The molecule has 0 aromatic rings. The zero-order valence-corrected chi connectivity index (χ0v) is 10.1. The first-order valence-electron chi connectivity index (χ1n) is 5.95. The zero-order chi connectivity index (χ0) is 12.5. The van der Waals surface area contributed by atoms with Crippen molar-refractivity contribution in [1.82, 2.24) is 15.1 Å². The van der Waals surface area contributed by atoms with E-state index in [0.717, 1.165) is 32.6 Å². The highest BCUT2D eigenvalue weighted by molar-refractivity contribution is 5.78. The van der Waals surface area contributed by atoms with Gasteiger partial charge in [0.25, 0.3) is 0 Å². The van der Waals surface area contributed by atoms with Crippen molar-refractivity contribution < 1.29 is 9.90 Å². The molecule has 0 aromatic heterocycles. The first kappa shape index (κ1) is 13.9. The third kappa shape index (κ3) is 5.63. The highest BCUT2D eigenvalue weighted by atomic mass is 16.3. The van der Waals surface area contributed by atoms with Gasteiger partial charge in [-0.15, -0.1) is 0 Å². The Morgan fingerprint density at radius 1 is 1.29 bits per heavy atom. The molecule has 6 nitrogen and oxygen atoms in total. The number of nitriles is 1. The average Bonchev–Trinajstić information content (AvgIpc) is 2.53. The van der Waals surface area contributed by atoms with Gasteiger partial charge in [-0.3, -0.25) is 14.6 Å². The van der Waals surface area contributed by atoms with Gasteiger partial charge in [0.15, 0.2) is 0 Å². The summed E-state index contributed by atoms with van der Waals surface area (Å²) in [7, 11) is 0. The Balaban J connectivity index is 2.26. The van der Waals surface area contributed by atoms with E-state index in [4.69, 9.17) is 10.4 Å². The predicted molar refractivity (Wildman–Crippen MR) is 63.2 cm³/mol. The molecular formula is C11H20N4O2. The second-order valence-corrected chi connectivity index (χ2v) is 4.13. The Hall–Kier alpha value is -1.16. The summed E-state index contributed by atoms with van der Waals surface area (Å²) in [5.74, 6) is -0.0952. The minimum Gasteiger partial charge on any atom is -0.395 e. The van der Waals surface area contributed by atoms with Crippen molar-refractivity contribution in [1.29, 1.82) is 5.26 Å². The molecule has 0 aliphatic carbocycles. The Bertz CT molecular complexity index is 277. The molecule has 0 spiro atoms. The SMILES string of the molecule is N#CCNC(=O)CN1CCCN(CCO)CC1. The van der Waals surface area contributed by atoms with Crippen molar-refractivity contribution in [2.45, 2.75) is 6.42 Å². The van der Waals surface area contributed by atoms with E-state index in [1.165, 1.54) is 0 Å². The van der Waals surface area contributed by atoms with Crippen LogP contribution in [0.3, 0.4) is 0 Å². The molecule has 1 amide bonds. The molecule has 0 radical (unpaired) electrons. The van der Waals surface area contributed by atoms with E-state index < -0.39 is 0 Å². The van der Waals surface area contributed by atoms with Gasteiger partial charge in [0, 0.05) is 19.6 Å². The van der Waals surface area contributed by atoms with Gasteiger partial charge in [0.05, 0.1) is 19.2 Å². The second kappa shape index (κ2) is 8.01. The highest BCUT2D eigenvalue weighted by Crippen LogP contribution is 2.02. The summed E-state index contributed by atoms with van der Waals surface area (Å²) >= 11 is 0. The molecule has 0 saturated carbocycles. The molecule has 2 N–H and O–H groups in total. The average molecular weight is 240 g/mol. The number of amides is 1. The Kier molecular flexibility index (Phi) is 6.55. The molecule has 1 aliphatic heterocycles. The maximum atomic E-state index is 11.4. The van der Waals surface area contributed by atoms with Crippen molar-refractivity contribution in [3.8, 4) is 6.07 Å². The number of aliphatic hydroxyl groups is 1. The third-order valence-electron chi connectivity index (χ3n) is 2.83. The number of nitrogens with zero attached hydrogens (tertiary/aromatic N) is 3. The van der Waals surface area contributed by atoms with Gasteiger partial charge in [-0.05, 0) is 19.5 Å². The van der Waals surface area contributed by atoms with Crippen LogP contribution in [0.1, 0.15) is 6.42 Å². The van der Waals surface area contributed by atoms with Gasteiger partial charge in [0.2, 0.25) is 5.91 Å². The summed E-state index contributed by atoms with van der Waals surface area (Å²) in [6, 6.07) is 1.89. The third-order valence-corrected chi connectivity index (χ3v) is 2.83. The fourth-order valence-electron chi connectivity index (χ4n) is 1.94. The Labute approximate surface area is 102 Å². The normalized spacial score (nSPS) is 18.4. The van der Waals surface area contributed by atoms with Gasteiger partial charge in [-0.1, -0.05) is 0 Å². The molecule has 6 heteroatoms. The summed E-state index contributed by atoms with van der Waals surface area (Å²) in [5, 5.41) is 19.8. The first-order valence-corrected chi connectivity index (χ1v) is 5.95. The van der Waals surface area contributed by atoms with Gasteiger partial charge < -0.3 is 10.4 Å². The van der Waals surface area contributed by atoms with Gasteiger partial charge in [-0.25, -0.2) is 0 Å². The number of β-amino-alcohol motifs (C(OH)–C–C–N with tert-alkyl or cyclic N) is 1. The quantitative estimate of drug-likeness (QED) is 0.579. The number of hydrogen-bond donors (Lipinski definition) is 2. The van der Waals surface area contributed by atoms with Crippen molar-refractivity contribution in [2.24, 2.45) is 0 Å². The van der Waals surface area contributed by atoms with E-state index in [1.54, 1.807) is 0 Å². The van der Waals surface area contributed by atoms with Crippen LogP contribution in [0.15, 0.2) is 0 Å². The minimum atomic E-state index is -0.0952. The lowest BCUT2D eigenvalue weighted by Gasteiger charge is -2.20. The predicted octanol–water partition coefficient (Wildman–Crippen LogP) is -1.37. The van der Waals surface area contributed by atoms with Crippen molar-refractivity contribution in [3.63, 3.8) is 0 Å². The van der Waals surface area contributed by atoms with Crippen molar-refractivity contribution >= 4 is 5.91 Å². The molecule has 17 heavy (non-hydrogen) atoms. The number of rotatable bonds is 5. The number of aliphatic hydroxyl groups excluding tert-OH is 1. The maximum Gasteiger partial charge on any atom is 0.235 e. The maximum absolute atomic E-state index is 11.4. The molecule has 1 fully saturated rings. The number of carbonyl (C=O) groups excluding carboxylic acids is 1. The fraction of sp³-hybridized carbons (Fsp3) is 0.818. The summed E-state index contributed by atoms with van der Waals surface area (Å²) in [5.41, 5.74) is 0. The van der Waals surface area contributed by atoms with Gasteiger partial charge in [0.1, 0.15) is 6.54 Å². The van der Waals surface area contributed by atoms with E-state index in [1.807, 2.05) is 6.07 Å². The van der Waals surface area contributed by atoms with E-state index in [0.29, 0.717) is 13.1 Å². The molecule has 0 unspecified atom stereocenters. The lowest BCUT2D eigenvalue weighted by Crippen LogP contribution is -2.39. The van der Waals surface area contributed by atoms with Gasteiger partial charge >= 0.3 is 0 Å². The fourth-order valence-corrected chi connectivity index (χ4v) is 1.94. The van der Waals surface area contributed by atoms with Crippen LogP contribution in [-0.4, -0.2) is 73.2 Å². The van der Waals surface area contributed by atoms with Crippen LogP contribution < -0.4 is 5.32 Å². The van der Waals surface area contributed by atoms with Crippen molar-refractivity contribution in [2.75, 3.05) is 52.4 Å². The standard InChI is InChI=1S/C11H20N4O2/c12-2-3-13-11(17)10-15-5-1-4-14(6-7-15)8-9-16/h16H,1,3-10H2,(H,13,17). The zero-order valence-electron chi connectivity index (χ0n) is 10.1. The molecule has 0 atom stereocenters. The Morgan fingerprint density at radius 2 is 2.00 bits per heavy atom. The van der Waals surface area contributed by atoms with Gasteiger partial charge in [-0.2, -0.15) is 5.26 Å². The Morgan fingerprint density at radius 3 is 2.71 bits per heavy atom. The minimum absolute atomic E-state index is 0.0727. The number of hydrogen-bond acceptors (Lipinski definition) is 5. The molecule has 1 rings (SSSR count). The van der Waals surface area contributed by atoms with E-state index in [2.05, 4.69) is 15.1 Å². The van der Waals surface area contributed by atoms with E-state index in [-0.39, 0.29) is 19.1 Å². The lowest BCUT2D eigenvalue weighted by atomic mass is 10.3. The second-order valence-electron chi connectivity index (χ2n) is 4.13. The van der Waals surface area contributed by atoms with Crippen LogP contribution in [0.25, 0.3) is 0 Å². The molecule has 96 valence electrons. The molecule has 1 saturated heterocycles. The summed E-state index contributed by atoms with van der Waals surface area (Å²) < 4.78 is 0. The number of nitrogens with one attached hydrogen (secondary N) is 1. The monoisotopic (exact) mass is 240 g/mol. The molecular weight excluding hydrogens is 220 g/mol. The first-order chi connectivity index (χ1) is 8.26. The smallest absolute Gasteiger partial charge is 0.235 e. The topological polar surface area (TPSA) is 79.6 Å². The molecule has 0 bridgehead atoms. The summed E-state index contributed by atoms with van der Waals surface area (Å²) in [4.78, 5) is 15.7. The van der Waals surface area contributed by atoms with Crippen LogP contribution in [0.2, 0.25) is 0 Å². The van der Waals surface area contributed by atoms with E-state index in [9.17, 15) is 4.79 Å². The van der Waals surface area contributed by atoms with Crippen LogP contribution in [-0.2, 0) is 4.79 Å². The summed E-state index contributed by atoms with van der Waals surface area (Å²) in [6.45, 7) is 4.89. The largest absolute Gasteiger partial charge is 0.395 e. The van der Waals surface area contributed by atoms with E-state index >= 15 is 0 Å². The molecule has 1 aliphatic rings. The number of carbonyl (C=O) groups is 1. The molecule has 0 aromatic carbocycles. The van der Waals surface area contributed by atoms with Crippen LogP contribution >= 0.6 is 0 Å².